The fraction of sp³-hybridized carbons (Fsp3) is 0.200. The Labute approximate surface area is 77.5 Å². The molecule has 0 heterocycles. The Bertz CT molecular complexity index is 297. The molecule has 0 saturated heterocycles. The molecule has 0 amide bonds. The zero-order valence-electron chi connectivity index (χ0n) is 7.84. The number of aliphatic hydroxyl groups is 1. The number of hydrogen-bond acceptors (Lipinski definition) is 2. The van der Waals surface area contributed by atoms with Gasteiger partial charge in [-0.2, -0.15) is 0 Å². The lowest BCUT2D eigenvalue weighted by molar-refractivity contribution is 0.399. The molecule has 1 rings (SSSR count). The van der Waals surface area contributed by atoms with E-state index in [0.717, 1.165) is 12.7 Å². The van der Waals surface area contributed by atoms with Gasteiger partial charge in [0, 0.05) is 12.7 Å². The minimum Gasteiger partial charge on any atom is -0.400 e. The van der Waals surface area contributed by atoms with Crippen LogP contribution >= 0.6 is 0 Å². The zero-order chi connectivity index (χ0) is 10.4. The third-order valence-electron chi connectivity index (χ3n) is 1.51. The van der Waals surface area contributed by atoms with Gasteiger partial charge in [-0.25, -0.2) is 4.39 Å². The molecule has 0 atom stereocenters. The maximum atomic E-state index is 12.8. The quantitative estimate of drug-likeness (QED) is 0.654. The van der Waals surface area contributed by atoms with E-state index in [1.165, 1.54) is 6.07 Å². The summed E-state index contributed by atoms with van der Waals surface area (Å²) in [6, 6.07) is 4.71. The van der Waals surface area contributed by atoms with Gasteiger partial charge in [0.15, 0.2) is 0 Å². The molecule has 13 heavy (non-hydrogen) atoms. The van der Waals surface area contributed by atoms with E-state index < -0.39 is 0 Å². The molecule has 0 aliphatic carbocycles. The minimum atomic E-state index is -0.384. The zero-order valence-corrected chi connectivity index (χ0v) is 7.84. The Morgan fingerprint density at radius 1 is 1.46 bits per heavy atom. The normalized spacial score (nSPS) is 8.62. The van der Waals surface area contributed by atoms with E-state index in [1.54, 1.807) is 19.1 Å². The summed E-state index contributed by atoms with van der Waals surface area (Å²) in [6.45, 7) is 5.48. The molecule has 0 fully saturated rings. The lowest BCUT2D eigenvalue weighted by Crippen LogP contribution is -1.94. The molecule has 0 saturated carbocycles. The average Bonchev–Trinajstić information content (AvgIpc) is 2.13. The summed E-state index contributed by atoms with van der Waals surface area (Å²) < 4.78 is 12.8. The first-order valence-corrected chi connectivity index (χ1v) is 3.77. The van der Waals surface area contributed by atoms with E-state index in [0.29, 0.717) is 5.56 Å². The average molecular weight is 183 g/mol. The molecular weight excluding hydrogens is 169 g/mol. The number of nitrogen functional groups attached to an aromatic ring is 1. The van der Waals surface area contributed by atoms with Crippen molar-refractivity contribution < 1.29 is 9.50 Å². The van der Waals surface area contributed by atoms with Crippen molar-refractivity contribution in [1.29, 1.82) is 0 Å². The van der Waals surface area contributed by atoms with Crippen molar-refractivity contribution in [2.24, 2.45) is 0 Å². The predicted molar refractivity (Wildman–Crippen MR) is 53.7 cm³/mol. The fourth-order valence-corrected chi connectivity index (χ4v) is 0.909. The number of nitrogens with two attached hydrogens (primary N) is 1. The summed E-state index contributed by atoms with van der Waals surface area (Å²) in [5, 5.41) is 7.00. The van der Waals surface area contributed by atoms with Gasteiger partial charge in [-0.3, -0.25) is 0 Å². The van der Waals surface area contributed by atoms with E-state index in [2.05, 4.69) is 6.58 Å². The minimum absolute atomic E-state index is 0.181. The van der Waals surface area contributed by atoms with E-state index in [4.69, 9.17) is 10.8 Å². The highest BCUT2D eigenvalue weighted by atomic mass is 19.1. The fourth-order valence-electron chi connectivity index (χ4n) is 0.909. The molecule has 0 spiro atoms. The molecule has 0 aromatic heterocycles. The second-order valence-corrected chi connectivity index (χ2v) is 2.48. The first-order valence-electron chi connectivity index (χ1n) is 3.77. The number of benzene rings is 1. The molecule has 1 aromatic carbocycles. The number of allylic oxidation sites excluding steroid dienone is 1. The number of para-hydroxylation sites is 1. The number of hydrogen-bond donors (Lipinski definition) is 2. The maximum Gasteiger partial charge on any atom is 0.146 e. The Morgan fingerprint density at radius 3 is 2.38 bits per heavy atom. The van der Waals surface area contributed by atoms with Crippen LogP contribution in [-0.4, -0.2) is 12.2 Å². The van der Waals surface area contributed by atoms with Gasteiger partial charge in [-0.15, -0.1) is 0 Å². The largest absolute Gasteiger partial charge is 0.400 e. The van der Waals surface area contributed by atoms with Crippen LogP contribution in [0, 0.1) is 5.82 Å². The van der Waals surface area contributed by atoms with Gasteiger partial charge in [-0.05, 0) is 18.6 Å². The van der Waals surface area contributed by atoms with Crippen molar-refractivity contribution >= 4 is 11.3 Å². The molecule has 0 aliphatic rings. The second-order valence-electron chi connectivity index (χ2n) is 2.48. The summed E-state index contributed by atoms with van der Waals surface area (Å²) in [5.41, 5.74) is 7.09. The number of anilines is 1. The Morgan fingerprint density at radius 2 is 2.00 bits per heavy atom. The van der Waals surface area contributed by atoms with Crippen LogP contribution in [0.5, 0.6) is 0 Å². The summed E-state index contributed by atoms with van der Waals surface area (Å²) in [4.78, 5) is 0. The van der Waals surface area contributed by atoms with Gasteiger partial charge >= 0.3 is 0 Å². The van der Waals surface area contributed by atoms with Crippen LogP contribution in [0.2, 0.25) is 0 Å². The van der Waals surface area contributed by atoms with Crippen LogP contribution in [0.1, 0.15) is 12.5 Å². The van der Waals surface area contributed by atoms with Gasteiger partial charge in [0.2, 0.25) is 0 Å². The first-order chi connectivity index (χ1) is 6.13. The monoisotopic (exact) mass is 183 g/mol. The standard InChI is InChI=1S/C9H10FN.CH4O/c1-6(2)7-4-3-5-8(10)9(7)11;1-2/h3-5H,1,11H2,2H3;2H,1H3. The van der Waals surface area contributed by atoms with Gasteiger partial charge in [0.05, 0.1) is 5.69 Å². The van der Waals surface area contributed by atoms with Crippen LogP contribution in [0.3, 0.4) is 0 Å². The molecule has 0 radical (unpaired) electrons. The van der Waals surface area contributed by atoms with Crippen molar-refractivity contribution in [3.63, 3.8) is 0 Å². The van der Waals surface area contributed by atoms with Crippen molar-refractivity contribution in [3.8, 4) is 0 Å². The molecule has 2 nitrogen and oxygen atoms in total. The third-order valence-corrected chi connectivity index (χ3v) is 1.51. The van der Waals surface area contributed by atoms with Crippen LogP contribution < -0.4 is 5.73 Å². The summed E-state index contributed by atoms with van der Waals surface area (Å²) in [6.07, 6.45) is 0. The highest BCUT2D eigenvalue weighted by Crippen LogP contribution is 2.21. The predicted octanol–water partition coefficient (Wildman–Crippen LogP) is 2.05. The highest BCUT2D eigenvalue weighted by molar-refractivity contribution is 5.72. The van der Waals surface area contributed by atoms with E-state index >= 15 is 0 Å². The van der Waals surface area contributed by atoms with Gasteiger partial charge in [0.1, 0.15) is 5.82 Å². The summed E-state index contributed by atoms with van der Waals surface area (Å²) in [5.74, 6) is -0.384. The van der Waals surface area contributed by atoms with Crippen molar-refractivity contribution in [1.82, 2.24) is 0 Å². The molecule has 72 valence electrons. The van der Waals surface area contributed by atoms with Gasteiger partial charge < -0.3 is 10.8 Å². The van der Waals surface area contributed by atoms with Crippen LogP contribution in [0.4, 0.5) is 10.1 Å². The first kappa shape index (κ1) is 11.6. The van der Waals surface area contributed by atoms with E-state index in [-0.39, 0.29) is 11.5 Å². The third kappa shape index (κ3) is 2.87. The second kappa shape index (κ2) is 5.32. The highest BCUT2D eigenvalue weighted by Gasteiger charge is 2.02. The van der Waals surface area contributed by atoms with Crippen LogP contribution in [0.15, 0.2) is 24.8 Å². The SMILES string of the molecule is C=C(C)c1cccc(F)c1N.CO. The molecule has 0 unspecified atom stereocenters. The van der Waals surface area contributed by atoms with E-state index in [1.807, 2.05) is 0 Å². The smallest absolute Gasteiger partial charge is 0.146 e. The molecule has 3 N–H and O–H groups in total. The van der Waals surface area contributed by atoms with Crippen LogP contribution in [0.25, 0.3) is 5.57 Å². The molecule has 1 aromatic rings. The molecule has 3 heteroatoms. The van der Waals surface area contributed by atoms with Gasteiger partial charge in [-0.1, -0.05) is 18.7 Å². The lowest BCUT2D eigenvalue weighted by Gasteiger charge is -2.04. The summed E-state index contributed by atoms with van der Waals surface area (Å²) >= 11 is 0. The van der Waals surface area contributed by atoms with Crippen molar-refractivity contribution in [3.05, 3.63) is 36.2 Å². The lowest BCUT2D eigenvalue weighted by atomic mass is 10.1. The maximum absolute atomic E-state index is 12.8. The van der Waals surface area contributed by atoms with Crippen molar-refractivity contribution in [2.75, 3.05) is 12.8 Å². The Kier molecular flexibility index (Phi) is 4.77. The van der Waals surface area contributed by atoms with Crippen LogP contribution in [-0.2, 0) is 0 Å². The molecular formula is C10H14FNO. The topological polar surface area (TPSA) is 46.2 Å². The van der Waals surface area contributed by atoms with Gasteiger partial charge in [0.25, 0.3) is 0 Å². The Balaban J connectivity index is 0.000000671. The Hall–Kier alpha value is -1.35. The number of rotatable bonds is 1. The molecule has 0 bridgehead atoms. The van der Waals surface area contributed by atoms with Crippen molar-refractivity contribution in [2.45, 2.75) is 6.92 Å². The van der Waals surface area contributed by atoms with E-state index in [9.17, 15) is 4.39 Å². The molecule has 0 aliphatic heterocycles. The summed E-state index contributed by atoms with van der Waals surface area (Å²) in [7, 11) is 1.00. The number of aliphatic hydroxyl groups excluding tert-OH is 1. The number of halogens is 1.